The lowest BCUT2D eigenvalue weighted by molar-refractivity contribution is 0.0813. The first-order chi connectivity index (χ1) is 9.76. The molecule has 2 heterocycles. The van der Waals surface area contributed by atoms with Crippen molar-refractivity contribution < 1.29 is 0 Å². The molecule has 0 radical (unpaired) electrons. The van der Waals surface area contributed by atoms with E-state index in [2.05, 4.69) is 15.3 Å². The zero-order valence-electron chi connectivity index (χ0n) is 11.8. The Morgan fingerprint density at radius 3 is 2.85 bits per heavy atom. The van der Waals surface area contributed by atoms with Crippen LogP contribution in [0, 0.1) is 11.8 Å². The molecule has 0 spiro atoms. The van der Waals surface area contributed by atoms with Crippen LogP contribution in [-0.2, 0) is 6.54 Å². The Bertz CT molecular complexity index is 465. The third-order valence-electron chi connectivity index (χ3n) is 4.82. The van der Waals surface area contributed by atoms with E-state index in [1.807, 2.05) is 6.07 Å². The quantitative estimate of drug-likeness (QED) is 0.664. The maximum absolute atomic E-state index is 6.25. The summed E-state index contributed by atoms with van der Waals surface area (Å²) in [5.41, 5.74) is 3.52. The van der Waals surface area contributed by atoms with Gasteiger partial charge < -0.3 is 5.43 Å². The fraction of sp³-hybridized carbons (Fsp3) is 0.667. The molecule has 1 aromatic rings. The number of fused-ring (bicyclic) bond motifs is 1. The van der Waals surface area contributed by atoms with E-state index in [0.717, 1.165) is 29.1 Å². The van der Waals surface area contributed by atoms with Crippen LogP contribution in [0.3, 0.4) is 0 Å². The van der Waals surface area contributed by atoms with E-state index in [1.165, 1.54) is 45.2 Å². The molecule has 1 saturated carbocycles. The van der Waals surface area contributed by atoms with Crippen molar-refractivity contribution in [1.82, 2.24) is 9.88 Å². The Labute approximate surface area is 125 Å². The lowest BCUT2D eigenvalue weighted by atomic mass is 9.75. The highest BCUT2D eigenvalue weighted by Gasteiger charge is 2.31. The van der Waals surface area contributed by atoms with Gasteiger partial charge in [0, 0.05) is 13.1 Å². The molecule has 1 aliphatic carbocycles. The second-order valence-electron chi connectivity index (χ2n) is 6.10. The molecule has 3 rings (SSSR count). The lowest BCUT2D eigenvalue weighted by Gasteiger charge is -2.41. The largest absolute Gasteiger partial charge is 0.308 e. The first-order valence-corrected chi connectivity index (χ1v) is 7.98. The monoisotopic (exact) mass is 294 g/mol. The summed E-state index contributed by atoms with van der Waals surface area (Å²) in [6.07, 6.45) is 6.99. The first kappa shape index (κ1) is 14.1. The second kappa shape index (κ2) is 6.29. The summed E-state index contributed by atoms with van der Waals surface area (Å²) in [6, 6.07) is 3.67. The number of anilines is 1. The van der Waals surface area contributed by atoms with Crippen LogP contribution < -0.4 is 11.3 Å². The zero-order chi connectivity index (χ0) is 13.9. The minimum Gasteiger partial charge on any atom is -0.308 e. The number of aromatic nitrogens is 1. The number of nitrogens with one attached hydrogen (secondary N) is 1. The van der Waals surface area contributed by atoms with Gasteiger partial charge in [0.2, 0.25) is 0 Å². The van der Waals surface area contributed by atoms with Crippen LogP contribution in [0.15, 0.2) is 12.1 Å². The first-order valence-electron chi connectivity index (χ1n) is 7.60. The molecule has 0 amide bonds. The molecule has 5 heteroatoms. The van der Waals surface area contributed by atoms with E-state index in [4.69, 9.17) is 17.4 Å². The van der Waals surface area contributed by atoms with Gasteiger partial charge in [0.1, 0.15) is 5.82 Å². The number of rotatable bonds is 3. The van der Waals surface area contributed by atoms with Crippen molar-refractivity contribution >= 4 is 17.4 Å². The van der Waals surface area contributed by atoms with Gasteiger partial charge in [-0.1, -0.05) is 30.9 Å². The fourth-order valence-electron chi connectivity index (χ4n) is 3.71. The zero-order valence-corrected chi connectivity index (χ0v) is 12.6. The molecule has 110 valence electrons. The highest BCUT2D eigenvalue weighted by molar-refractivity contribution is 6.31. The average molecular weight is 295 g/mol. The normalized spacial score (nSPS) is 27.1. The number of nitrogens with zero attached hydrogens (tertiary/aromatic N) is 2. The maximum atomic E-state index is 6.25. The number of halogens is 1. The predicted molar refractivity (Wildman–Crippen MR) is 82.4 cm³/mol. The van der Waals surface area contributed by atoms with Gasteiger partial charge in [-0.3, -0.25) is 4.90 Å². The van der Waals surface area contributed by atoms with Crippen molar-refractivity contribution in [1.29, 1.82) is 0 Å². The number of hydrazine groups is 1. The van der Waals surface area contributed by atoms with E-state index in [0.29, 0.717) is 5.82 Å². The van der Waals surface area contributed by atoms with Crippen LogP contribution in [-0.4, -0.2) is 23.0 Å². The van der Waals surface area contributed by atoms with E-state index in [1.54, 1.807) is 6.07 Å². The fourth-order valence-corrected chi connectivity index (χ4v) is 3.87. The van der Waals surface area contributed by atoms with Crippen LogP contribution >= 0.6 is 11.6 Å². The molecular formula is C15H23ClN4. The van der Waals surface area contributed by atoms with Crippen molar-refractivity contribution in [2.24, 2.45) is 17.7 Å². The van der Waals surface area contributed by atoms with E-state index in [-0.39, 0.29) is 0 Å². The maximum Gasteiger partial charge on any atom is 0.140 e. The SMILES string of the molecule is NNc1ccc(Cl)c(CN2CCC3CCCCC3C2)n1. The van der Waals surface area contributed by atoms with Crippen molar-refractivity contribution in [3.63, 3.8) is 0 Å². The lowest BCUT2D eigenvalue weighted by Crippen LogP contribution is -2.41. The van der Waals surface area contributed by atoms with Gasteiger partial charge in [-0.25, -0.2) is 10.8 Å². The van der Waals surface area contributed by atoms with Gasteiger partial charge in [-0.15, -0.1) is 0 Å². The minimum atomic E-state index is 0.678. The molecule has 2 aliphatic rings. The summed E-state index contributed by atoms with van der Waals surface area (Å²) in [5, 5.41) is 0.731. The number of piperidine rings is 1. The van der Waals surface area contributed by atoms with Gasteiger partial charge in [0.25, 0.3) is 0 Å². The summed E-state index contributed by atoms with van der Waals surface area (Å²) in [7, 11) is 0. The molecule has 2 unspecified atom stereocenters. The molecule has 3 N–H and O–H groups in total. The highest BCUT2D eigenvalue weighted by atomic mass is 35.5. The summed E-state index contributed by atoms with van der Waals surface area (Å²) in [4.78, 5) is 6.98. The van der Waals surface area contributed by atoms with Crippen molar-refractivity contribution in [3.05, 3.63) is 22.8 Å². The van der Waals surface area contributed by atoms with Gasteiger partial charge in [-0.05, 0) is 43.4 Å². The molecule has 2 fully saturated rings. The minimum absolute atomic E-state index is 0.678. The Kier molecular flexibility index (Phi) is 4.44. The molecule has 0 bridgehead atoms. The number of hydrogen-bond donors (Lipinski definition) is 2. The molecule has 4 nitrogen and oxygen atoms in total. The molecule has 0 aromatic carbocycles. The standard InChI is InChI=1S/C15H23ClN4/c16-13-5-6-15(19-17)18-14(13)10-20-8-7-11-3-1-2-4-12(11)9-20/h5-6,11-12H,1-4,7-10,17H2,(H,18,19). The topological polar surface area (TPSA) is 54.2 Å². The second-order valence-corrected chi connectivity index (χ2v) is 6.50. The van der Waals surface area contributed by atoms with Crippen LogP contribution in [0.5, 0.6) is 0 Å². The molecule has 1 aliphatic heterocycles. The Hall–Kier alpha value is -0.840. The molecule has 2 atom stereocenters. The molecule has 1 saturated heterocycles. The van der Waals surface area contributed by atoms with E-state index in [9.17, 15) is 0 Å². The van der Waals surface area contributed by atoms with Gasteiger partial charge in [0.15, 0.2) is 0 Å². The van der Waals surface area contributed by atoms with Crippen molar-refractivity contribution in [2.45, 2.75) is 38.6 Å². The van der Waals surface area contributed by atoms with Gasteiger partial charge >= 0.3 is 0 Å². The number of nitrogen functional groups attached to an aromatic ring is 1. The highest BCUT2D eigenvalue weighted by Crippen LogP contribution is 2.36. The Balaban J connectivity index is 1.66. The van der Waals surface area contributed by atoms with Crippen LogP contribution in [0.4, 0.5) is 5.82 Å². The third-order valence-corrected chi connectivity index (χ3v) is 5.16. The van der Waals surface area contributed by atoms with Gasteiger partial charge in [-0.2, -0.15) is 0 Å². The number of nitrogens with two attached hydrogens (primary N) is 1. The molecule has 20 heavy (non-hydrogen) atoms. The Morgan fingerprint density at radius 1 is 1.25 bits per heavy atom. The van der Waals surface area contributed by atoms with Crippen LogP contribution in [0.2, 0.25) is 5.02 Å². The summed E-state index contributed by atoms with van der Waals surface area (Å²) < 4.78 is 0. The predicted octanol–water partition coefficient (Wildman–Crippen LogP) is 3.03. The number of likely N-dealkylation sites (tertiary alicyclic amines) is 1. The van der Waals surface area contributed by atoms with E-state index >= 15 is 0 Å². The van der Waals surface area contributed by atoms with Crippen LogP contribution in [0.1, 0.15) is 37.8 Å². The summed E-state index contributed by atoms with van der Waals surface area (Å²) >= 11 is 6.25. The summed E-state index contributed by atoms with van der Waals surface area (Å²) in [5.74, 6) is 7.94. The summed E-state index contributed by atoms with van der Waals surface area (Å²) in [6.45, 7) is 3.19. The smallest absolute Gasteiger partial charge is 0.140 e. The third kappa shape index (κ3) is 3.08. The number of pyridine rings is 1. The molecule has 1 aromatic heterocycles. The van der Waals surface area contributed by atoms with Crippen LogP contribution in [0.25, 0.3) is 0 Å². The van der Waals surface area contributed by atoms with E-state index < -0.39 is 0 Å². The Morgan fingerprint density at radius 2 is 2.05 bits per heavy atom. The molecular weight excluding hydrogens is 272 g/mol. The van der Waals surface area contributed by atoms with Crippen molar-refractivity contribution in [3.8, 4) is 0 Å². The average Bonchev–Trinajstić information content (AvgIpc) is 2.49. The van der Waals surface area contributed by atoms with Crippen molar-refractivity contribution in [2.75, 3.05) is 18.5 Å². The van der Waals surface area contributed by atoms with Gasteiger partial charge in [0.05, 0.1) is 10.7 Å². The number of hydrogen-bond acceptors (Lipinski definition) is 4.